The van der Waals surface area contributed by atoms with Crippen LogP contribution >= 0.6 is 0 Å². The lowest BCUT2D eigenvalue weighted by Gasteiger charge is -2.13. The van der Waals surface area contributed by atoms with E-state index in [1.165, 1.54) is 10.8 Å². The molecule has 0 atom stereocenters. The molecule has 0 saturated carbocycles. The quantitative estimate of drug-likeness (QED) is 0.647. The Morgan fingerprint density at radius 1 is 1.40 bits per heavy atom. The molecule has 2 rings (SSSR count). The Hall–Kier alpha value is -2.91. The number of nitriles is 1. The molecule has 0 aliphatic heterocycles. The van der Waals surface area contributed by atoms with Gasteiger partial charge in [-0.3, -0.25) is 14.4 Å². The molecule has 0 saturated heterocycles. The predicted octanol–water partition coefficient (Wildman–Crippen LogP) is 2.83. The van der Waals surface area contributed by atoms with Gasteiger partial charge in [0.05, 0.1) is 11.3 Å². The highest BCUT2D eigenvalue weighted by atomic mass is 16.5. The summed E-state index contributed by atoms with van der Waals surface area (Å²) in [6, 6.07) is 9.53. The summed E-state index contributed by atoms with van der Waals surface area (Å²) < 4.78 is 6.18. The fourth-order valence-electron chi connectivity index (χ4n) is 2.55. The smallest absolute Gasteiger partial charge is 0.271 e. The maximum Gasteiger partial charge on any atom is 0.271 e. The van der Waals surface area contributed by atoms with E-state index in [0.29, 0.717) is 24.2 Å². The van der Waals surface area contributed by atoms with Crippen LogP contribution in [0.3, 0.4) is 0 Å². The third kappa shape index (κ3) is 4.14. The van der Waals surface area contributed by atoms with Crippen LogP contribution < -0.4 is 5.56 Å². The number of rotatable bonds is 6. The van der Waals surface area contributed by atoms with E-state index in [4.69, 9.17) is 4.74 Å². The summed E-state index contributed by atoms with van der Waals surface area (Å²) in [7, 11) is 1.57. The van der Waals surface area contributed by atoms with Crippen molar-refractivity contribution in [1.82, 2.24) is 4.57 Å². The molecular formula is C19H21N3O3. The molecule has 6 heteroatoms. The van der Waals surface area contributed by atoms with Crippen LogP contribution in [0.1, 0.15) is 28.7 Å². The average molecular weight is 339 g/mol. The minimum atomic E-state index is -0.499. The zero-order valence-corrected chi connectivity index (χ0v) is 14.6. The van der Waals surface area contributed by atoms with Crippen LogP contribution in [-0.2, 0) is 11.3 Å². The van der Waals surface area contributed by atoms with Crippen molar-refractivity contribution in [3.8, 4) is 11.9 Å². The first-order chi connectivity index (χ1) is 12.0. The van der Waals surface area contributed by atoms with Crippen LogP contribution in [0.15, 0.2) is 34.1 Å². The number of ether oxygens (including phenoxy) is 1. The second kappa shape index (κ2) is 8.27. The summed E-state index contributed by atoms with van der Waals surface area (Å²) >= 11 is 0. The number of aliphatic imine (C=N–C) groups is 1. The number of hydrogen-bond acceptors (Lipinski definition) is 5. The van der Waals surface area contributed by atoms with E-state index < -0.39 is 5.56 Å². The number of nitrogens with zero attached hydrogens (tertiary/aromatic N) is 3. The number of aromatic nitrogens is 1. The van der Waals surface area contributed by atoms with Crippen molar-refractivity contribution in [1.29, 1.82) is 5.26 Å². The molecule has 0 spiro atoms. The van der Waals surface area contributed by atoms with Crippen LogP contribution in [0.4, 0.5) is 5.69 Å². The molecular weight excluding hydrogens is 318 g/mol. The van der Waals surface area contributed by atoms with Gasteiger partial charge >= 0.3 is 0 Å². The largest absolute Gasteiger partial charge is 0.494 e. The van der Waals surface area contributed by atoms with Crippen LogP contribution in [0.2, 0.25) is 0 Å². The van der Waals surface area contributed by atoms with E-state index in [0.717, 1.165) is 11.3 Å². The van der Waals surface area contributed by atoms with Crippen molar-refractivity contribution in [3.05, 3.63) is 56.9 Å². The Bertz CT molecular complexity index is 892. The molecule has 1 N–H and O–H groups in total. The fraction of sp³-hybridized carbons (Fsp3) is 0.316. The van der Waals surface area contributed by atoms with Gasteiger partial charge in [0.2, 0.25) is 5.88 Å². The lowest BCUT2D eigenvalue weighted by atomic mass is 10.1. The summed E-state index contributed by atoms with van der Waals surface area (Å²) in [4.78, 5) is 16.8. The van der Waals surface area contributed by atoms with Gasteiger partial charge < -0.3 is 9.84 Å². The number of hydrogen-bond donors (Lipinski definition) is 1. The minimum absolute atomic E-state index is 0.0147. The van der Waals surface area contributed by atoms with Crippen LogP contribution in [0, 0.1) is 25.2 Å². The first kappa shape index (κ1) is 18.4. The summed E-state index contributed by atoms with van der Waals surface area (Å²) in [6.45, 7) is 4.31. The van der Waals surface area contributed by atoms with E-state index in [1.54, 1.807) is 14.0 Å². The molecule has 1 aromatic carbocycles. The molecule has 0 amide bonds. The van der Waals surface area contributed by atoms with Gasteiger partial charge in [0.1, 0.15) is 11.6 Å². The summed E-state index contributed by atoms with van der Waals surface area (Å²) in [5.41, 5.74) is 2.11. The second-order valence-electron chi connectivity index (χ2n) is 5.75. The van der Waals surface area contributed by atoms with E-state index >= 15 is 0 Å². The SMILES string of the molecule is COCCCn1c(O)c(C=Nc2cccc(C)c2)c(C)c(C#N)c1=O. The van der Waals surface area contributed by atoms with Gasteiger partial charge in [0, 0.05) is 26.5 Å². The topological polar surface area (TPSA) is 87.6 Å². The summed E-state index contributed by atoms with van der Waals surface area (Å²) in [5.74, 6) is -0.186. The Morgan fingerprint density at radius 2 is 2.16 bits per heavy atom. The molecule has 0 fully saturated rings. The molecule has 0 aliphatic rings. The molecule has 0 radical (unpaired) electrons. The molecule has 0 aliphatic carbocycles. The predicted molar refractivity (Wildman–Crippen MR) is 96.7 cm³/mol. The Labute approximate surface area is 146 Å². The van der Waals surface area contributed by atoms with Crippen molar-refractivity contribution >= 4 is 11.9 Å². The first-order valence-corrected chi connectivity index (χ1v) is 7.95. The minimum Gasteiger partial charge on any atom is -0.494 e. The van der Waals surface area contributed by atoms with Crippen molar-refractivity contribution in [3.63, 3.8) is 0 Å². The van der Waals surface area contributed by atoms with Gasteiger partial charge in [-0.25, -0.2) is 0 Å². The molecule has 1 aromatic heterocycles. The Morgan fingerprint density at radius 3 is 2.80 bits per heavy atom. The third-order valence-corrected chi connectivity index (χ3v) is 3.92. The highest BCUT2D eigenvalue weighted by Gasteiger charge is 2.17. The maximum atomic E-state index is 12.4. The summed E-state index contributed by atoms with van der Waals surface area (Å²) in [6.07, 6.45) is 2.04. The highest BCUT2D eigenvalue weighted by Crippen LogP contribution is 2.21. The van der Waals surface area contributed by atoms with Crippen molar-refractivity contribution in [2.24, 2.45) is 4.99 Å². The van der Waals surface area contributed by atoms with Gasteiger partial charge in [-0.2, -0.15) is 5.26 Å². The third-order valence-electron chi connectivity index (χ3n) is 3.92. The first-order valence-electron chi connectivity index (χ1n) is 7.95. The second-order valence-corrected chi connectivity index (χ2v) is 5.75. The van der Waals surface area contributed by atoms with Crippen molar-refractivity contribution in [2.45, 2.75) is 26.8 Å². The standard InChI is InChI=1S/C19H21N3O3/c1-13-6-4-7-15(10-13)21-12-17-14(2)16(11-20)18(23)22(19(17)24)8-5-9-25-3/h4,6-7,10,12,24H,5,8-9H2,1-3H3. The molecule has 25 heavy (non-hydrogen) atoms. The van der Waals surface area contributed by atoms with Gasteiger partial charge in [-0.1, -0.05) is 12.1 Å². The molecule has 6 nitrogen and oxygen atoms in total. The van der Waals surface area contributed by atoms with Gasteiger partial charge in [-0.15, -0.1) is 0 Å². The zero-order valence-electron chi connectivity index (χ0n) is 14.6. The number of methoxy groups -OCH3 is 1. The van der Waals surface area contributed by atoms with Crippen molar-refractivity contribution < 1.29 is 9.84 Å². The van der Waals surface area contributed by atoms with Gasteiger partial charge in [-0.05, 0) is 43.5 Å². The van der Waals surface area contributed by atoms with Gasteiger partial charge in [0.15, 0.2) is 0 Å². The number of benzene rings is 1. The normalized spacial score (nSPS) is 11.0. The molecule has 130 valence electrons. The lowest BCUT2D eigenvalue weighted by molar-refractivity contribution is 0.188. The summed E-state index contributed by atoms with van der Waals surface area (Å²) in [5, 5.41) is 19.8. The molecule has 0 unspecified atom stereocenters. The molecule has 2 aromatic rings. The maximum absolute atomic E-state index is 12.4. The van der Waals surface area contributed by atoms with Gasteiger partial charge in [0.25, 0.3) is 5.56 Å². The number of pyridine rings is 1. The average Bonchev–Trinajstić information content (AvgIpc) is 2.58. The lowest BCUT2D eigenvalue weighted by Crippen LogP contribution is -2.26. The number of aryl methyl sites for hydroxylation is 1. The Balaban J connectivity index is 2.51. The van der Waals surface area contributed by atoms with Crippen LogP contribution in [0.5, 0.6) is 5.88 Å². The van der Waals surface area contributed by atoms with Crippen LogP contribution in [-0.4, -0.2) is 29.6 Å². The molecule has 0 bridgehead atoms. The van der Waals surface area contributed by atoms with E-state index in [1.807, 2.05) is 37.3 Å². The van der Waals surface area contributed by atoms with E-state index in [9.17, 15) is 15.2 Å². The fourth-order valence-corrected chi connectivity index (χ4v) is 2.55. The Kier molecular flexibility index (Phi) is 6.09. The van der Waals surface area contributed by atoms with Crippen molar-refractivity contribution in [2.75, 3.05) is 13.7 Å². The van der Waals surface area contributed by atoms with Crippen LogP contribution in [0.25, 0.3) is 0 Å². The zero-order chi connectivity index (χ0) is 18.4. The van der Waals surface area contributed by atoms with E-state index in [2.05, 4.69) is 4.99 Å². The van der Waals surface area contributed by atoms with E-state index in [-0.39, 0.29) is 18.0 Å². The molecule has 1 heterocycles. The number of aromatic hydroxyl groups is 1. The monoisotopic (exact) mass is 339 g/mol. The highest BCUT2D eigenvalue weighted by molar-refractivity contribution is 5.87.